The summed E-state index contributed by atoms with van der Waals surface area (Å²) in [6.45, 7) is 11.0. The largest absolute Gasteiger partial charge is 0.457 e. The van der Waals surface area contributed by atoms with E-state index in [4.69, 9.17) is 20.9 Å². The van der Waals surface area contributed by atoms with Crippen LogP contribution in [0.25, 0.3) is 0 Å². The average Bonchev–Trinajstić information content (AvgIpc) is 2.99. The van der Waals surface area contributed by atoms with Crippen LogP contribution in [0.3, 0.4) is 0 Å². The molecule has 4 N–H and O–H groups in total. The molecular formula is C40H50N2O2. The van der Waals surface area contributed by atoms with Crippen molar-refractivity contribution in [2.24, 2.45) is 5.92 Å². The first kappa shape index (κ1) is 31.5. The normalized spacial score (nSPS) is 14.8. The molecule has 1 saturated carbocycles. The molecule has 0 atom stereocenters. The van der Waals surface area contributed by atoms with E-state index in [2.05, 4.69) is 58.9 Å². The molecule has 0 saturated heterocycles. The maximum Gasteiger partial charge on any atom is 0.133 e. The van der Waals surface area contributed by atoms with Gasteiger partial charge in [0.2, 0.25) is 0 Å². The maximum absolute atomic E-state index is 6.40. The Balaban J connectivity index is 1.50. The lowest BCUT2D eigenvalue weighted by Gasteiger charge is -2.42. The molecule has 0 radical (unpaired) electrons. The van der Waals surface area contributed by atoms with Crippen LogP contribution in [0.2, 0.25) is 0 Å². The number of nitrogen functional groups attached to an aromatic ring is 2. The molecule has 1 fully saturated rings. The van der Waals surface area contributed by atoms with E-state index in [-0.39, 0.29) is 5.41 Å². The molecule has 0 aromatic heterocycles. The lowest BCUT2D eigenvalue weighted by Crippen LogP contribution is -2.33. The zero-order chi connectivity index (χ0) is 31.3. The van der Waals surface area contributed by atoms with Gasteiger partial charge in [0, 0.05) is 28.9 Å². The van der Waals surface area contributed by atoms with Gasteiger partial charge in [-0.3, -0.25) is 0 Å². The molecule has 1 aliphatic carbocycles. The Hall–Kier alpha value is -3.92. The van der Waals surface area contributed by atoms with E-state index in [0.29, 0.717) is 11.4 Å². The summed E-state index contributed by atoms with van der Waals surface area (Å²) >= 11 is 0. The van der Waals surface area contributed by atoms with Gasteiger partial charge in [-0.15, -0.1) is 0 Å². The Bertz CT molecular complexity index is 1430. The zero-order valence-corrected chi connectivity index (χ0v) is 27.3. The number of aryl methyl sites for hydroxylation is 4. The number of rotatable bonds is 11. The van der Waals surface area contributed by atoms with E-state index in [9.17, 15) is 0 Å². The summed E-state index contributed by atoms with van der Waals surface area (Å²) < 4.78 is 12.8. The highest BCUT2D eigenvalue weighted by Crippen LogP contribution is 2.50. The van der Waals surface area contributed by atoms with Crippen molar-refractivity contribution < 1.29 is 9.47 Å². The van der Waals surface area contributed by atoms with Crippen LogP contribution >= 0.6 is 0 Å². The molecule has 44 heavy (non-hydrogen) atoms. The first-order chi connectivity index (χ1) is 21.2. The molecule has 4 aromatic carbocycles. The van der Waals surface area contributed by atoms with Crippen LogP contribution in [0.1, 0.15) is 98.1 Å². The summed E-state index contributed by atoms with van der Waals surface area (Å²) in [7, 11) is 0. The van der Waals surface area contributed by atoms with Crippen molar-refractivity contribution in [1.29, 1.82) is 0 Å². The average molecular weight is 591 g/mol. The van der Waals surface area contributed by atoms with Gasteiger partial charge in [0.1, 0.15) is 23.0 Å². The highest BCUT2D eigenvalue weighted by molar-refractivity contribution is 5.55. The summed E-state index contributed by atoms with van der Waals surface area (Å²) in [5, 5.41) is 0. The van der Waals surface area contributed by atoms with E-state index in [1.807, 2.05) is 48.5 Å². The van der Waals surface area contributed by atoms with Gasteiger partial charge < -0.3 is 20.9 Å². The predicted molar refractivity (Wildman–Crippen MR) is 185 cm³/mol. The third-order valence-electron chi connectivity index (χ3n) is 9.61. The number of benzene rings is 4. The molecule has 0 heterocycles. The van der Waals surface area contributed by atoms with Gasteiger partial charge in [0.25, 0.3) is 0 Å². The minimum absolute atomic E-state index is 0.0592. The Kier molecular flexibility index (Phi) is 9.88. The van der Waals surface area contributed by atoms with Crippen LogP contribution < -0.4 is 20.9 Å². The SMILES string of the molecule is CCCCCCC1CCC(c2cc(C)c(Oc3cccc(N)c3)c(C)c2)(c2cc(C)c(Oc3cccc(N)c3)c(C)c2)CC1. The molecule has 4 heteroatoms. The Labute approximate surface area is 264 Å². The highest BCUT2D eigenvalue weighted by Gasteiger charge is 2.39. The van der Waals surface area contributed by atoms with Crippen LogP contribution in [-0.4, -0.2) is 0 Å². The van der Waals surface area contributed by atoms with E-state index >= 15 is 0 Å². The van der Waals surface area contributed by atoms with E-state index < -0.39 is 0 Å². The number of hydrogen-bond acceptors (Lipinski definition) is 4. The second kappa shape index (κ2) is 13.8. The maximum atomic E-state index is 6.40. The fourth-order valence-corrected chi connectivity index (χ4v) is 7.23. The fraction of sp³-hybridized carbons (Fsp3) is 0.400. The molecule has 4 nitrogen and oxygen atoms in total. The van der Waals surface area contributed by atoms with Gasteiger partial charge in [0.15, 0.2) is 0 Å². The van der Waals surface area contributed by atoms with Crippen LogP contribution in [0.5, 0.6) is 23.0 Å². The number of nitrogens with two attached hydrogens (primary N) is 2. The smallest absolute Gasteiger partial charge is 0.133 e. The Morgan fingerprint density at radius 1 is 0.636 bits per heavy atom. The number of unbranched alkanes of at least 4 members (excludes halogenated alkanes) is 3. The first-order valence-electron chi connectivity index (χ1n) is 16.5. The minimum Gasteiger partial charge on any atom is -0.457 e. The van der Waals surface area contributed by atoms with Gasteiger partial charge in [-0.05, 0) is 117 Å². The summed E-state index contributed by atoms with van der Waals surface area (Å²) in [5.41, 5.74) is 20.8. The standard InChI is InChI=1S/C40H50N2O2/c1-6-7-8-9-12-31-17-19-40(20-18-31,32-21-27(2)38(28(3)22-32)43-36-15-10-13-34(41)25-36)33-23-29(4)39(30(5)24-33)44-37-16-11-14-35(42)26-37/h10-11,13-16,21-26,31H,6-9,12,17-20,41-42H2,1-5H3. The monoisotopic (exact) mass is 590 g/mol. The topological polar surface area (TPSA) is 70.5 Å². The van der Waals surface area contributed by atoms with E-state index in [1.54, 1.807) is 0 Å². The van der Waals surface area contributed by atoms with Crippen LogP contribution in [-0.2, 0) is 5.41 Å². The number of ether oxygens (including phenoxy) is 2. The third-order valence-corrected chi connectivity index (χ3v) is 9.61. The van der Waals surface area contributed by atoms with E-state index in [1.165, 1.54) is 56.1 Å². The van der Waals surface area contributed by atoms with Crippen molar-refractivity contribution in [3.05, 3.63) is 106 Å². The van der Waals surface area contributed by atoms with Gasteiger partial charge in [-0.2, -0.15) is 0 Å². The molecule has 0 bridgehead atoms. The molecule has 0 aliphatic heterocycles. The van der Waals surface area contributed by atoms with Gasteiger partial charge in [0.05, 0.1) is 0 Å². The molecule has 0 amide bonds. The third kappa shape index (κ3) is 7.07. The molecule has 232 valence electrons. The van der Waals surface area contributed by atoms with Crippen LogP contribution in [0, 0.1) is 33.6 Å². The molecule has 1 aliphatic rings. The summed E-state index contributed by atoms with van der Waals surface area (Å²) in [6, 6.07) is 24.8. The Morgan fingerprint density at radius 3 is 1.50 bits per heavy atom. The zero-order valence-electron chi connectivity index (χ0n) is 27.3. The highest BCUT2D eigenvalue weighted by atomic mass is 16.5. The van der Waals surface area contributed by atoms with Crippen LogP contribution in [0.4, 0.5) is 11.4 Å². The lowest BCUT2D eigenvalue weighted by atomic mass is 9.62. The molecule has 4 aromatic rings. The number of anilines is 2. The summed E-state index contributed by atoms with van der Waals surface area (Å²) in [4.78, 5) is 0. The van der Waals surface area contributed by atoms with E-state index in [0.717, 1.165) is 64.0 Å². The van der Waals surface area contributed by atoms with Crippen molar-refractivity contribution in [3.8, 4) is 23.0 Å². The van der Waals surface area contributed by atoms with Crippen LogP contribution in [0.15, 0.2) is 72.8 Å². The van der Waals surface area contributed by atoms with Crippen molar-refractivity contribution in [2.45, 2.75) is 97.8 Å². The van der Waals surface area contributed by atoms with Gasteiger partial charge in [-0.25, -0.2) is 0 Å². The van der Waals surface area contributed by atoms with Crippen molar-refractivity contribution in [2.75, 3.05) is 11.5 Å². The number of hydrogen-bond donors (Lipinski definition) is 2. The van der Waals surface area contributed by atoms with Crippen molar-refractivity contribution in [3.63, 3.8) is 0 Å². The van der Waals surface area contributed by atoms with Gasteiger partial charge in [-0.1, -0.05) is 75.4 Å². The summed E-state index contributed by atoms with van der Waals surface area (Å²) in [6.07, 6.45) is 11.5. The molecule has 0 unspecified atom stereocenters. The van der Waals surface area contributed by atoms with Crippen molar-refractivity contribution >= 4 is 11.4 Å². The fourth-order valence-electron chi connectivity index (χ4n) is 7.23. The quantitative estimate of drug-likeness (QED) is 0.135. The second-order valence-electron chi connectivity index (χ2n) is 13.1. The minimum atomic E-state index is -0.0592. The first-order valence-corrected chi connectivity index (χ1v) is 16.5. The van der Waals surface area contributed by atoms with Gasteiger partial charge >= 0.3 is 0 Å². The second-order valence-corrected chi connectivity index (χ2v) is 13.1. The Morgan fingerprint density at radius 2 is 1.09 bits per heavy atom. The molecular weight excluding hydrogens is 540 g/mol. The predicted octanol–water partition coefficient (Wildman–Crippen LogP) is 11.1. The lowest BCUT2D eigenvalue weighted by molar-refractivity contribution is 0.249. The summed E-state index contributed by atoms with van der Waals surface area (Å²) in [5.74, 6) is 4.17. The van der Waals surface area contributed by atoms with Crippen molar-refractivity contribution in [1.82, 2.24) is 0 Å². The molecule has 5 rings (SSSR count). The molecule has 0 spiro atoms.